The third-order valence-electron chi connectivity index (χ3n) is 11.7. The Labute approximate surface area is 334 Å². The van der Waals surface area contributed by atoms with E-state index in [4.69, 9.17) is 0 Å². The Bertz CT molecular complexity index is 2920. The normalized spacial score (nSPS) is 12.6. The molecule has 0 spiro atoms. The zero-order valence-corrected chi connectivity index (χ0v) is 32.0. The van der Waals surface area contributed by atoms with Crippen molar-refractivity contribution in [1.82, 2.24) is 0 Å². The van der Waals surface area contributed by atoms with E-state index in [9.17, 15) is 4.39 Å². The maximum Gasteiger partial charge on any atom is 0.123 e. The Morgan fingerprint density at radius 1 is 0.368 bits per heavy atom. The van der Waals surface area contributed by atoms with Crippen LogP contribution in [0.2, 0.25) is 0 Å². The molecule has 2 heteroatoms. The summed E-state index contributed by atoms with van der Waals surface area (Å²) < 4.78 is 14.4. The highest BCUT2D eigenvalue weighted by molar-refractivity contribution is 6.06. The van der Waals surface area contributed by atoms with Gasteiger partial charge >= 0.3 is 0 Å². The topological polar surface area (TPSA) is 3.24 Å². The Morgan fingerprint density at radius 3 is 1.61 bits per heavy atom. The fraction of sp³-hybridized carbons (Fsp3) is 0.0545. The van der Waals surface area contributed by atoms with Crippen molar-refractivity contribution in [1.29, 1.82) is 0 Å². The minimum Gasteiger partial charge on any atom is -0.310 e. The molecule has 9 aromatic rings. The molecule has 9 aromatic carbocycles. The highest BCUT2D eigenvalue weighted by Crippen LogP contribution is 2.50. The van der Waals surface area contributed by atoms with Gasteiger partial charge in [-0.05, 0) is 121 Å². The van der Waals surface area contributed by atoms with E-state index in [0.29, 0.717) is 0 Å². The summed E-state index contributed by atoms with van der Waals surface area (Å²) in [5.74, 6) is -0.239. The molecule has 0 saturated heterocycles. The van der Waals surface area contributed by atoms with Gasteiger partial charge in [-0.15, -0.1) is 0 Å². The van der Waals surface area contributed by atoms with E-state index >= 15 is 0 Å². The summed E-state index contributed by atoms with van der Waals surface area (Å²) in [5.41, 5.74) is 17.4. The van der Waals surface area contributed by atoms with Crippen LogP contribution < -0.4 is 4.90 Å². The number of benzene rings is 9. The summed E-state index contributed by atoms with van der Waals surface area (Å²) in [6, 6.07) is 72.4. The molecule has 0 radical (unpaired) electrons. The van der Waals surface area contributed by atoms with E-state index in [1.807, 2.05) is 12.1 Å². The number of anilines is 3. The van der Waals surface area contributed by atoms with Crippen LogP contribution in [0.1, 0.15) is 25.0 Å². The van der Waals surface area contributed by atoms with Crippen molar-refractivity contribution < 1.29 is 4.39 Å². The minimum atomic E-state index is -0.239. The molecule has 57 heavy (non-hydrogen) atoms. The summed E-state index contributed by atoms with van der Waals surface area (Å²) in [5, 5.41) is 2.23. The smallest absolute Gasteiger partial charge is 0.123 e. The van der Waals surface area contributed by atoms with E-state index in [2.05, 4.69) is 195 Å². The first-order valence-electron chi connectivity index (χ1n) is 19.6. The molecule has 0 N–H and O–H groups in total. The van der Waals surface area contributed by atoms with Gasteiger partial charge in [0.1, 0.15) is 5.82 Å². The molecule has 0 aromatic heterocycles. The van der Waals surface area contributed by atoms with E-state index in [-0.39, 0.29) is 11.2 Å². The largest absolute Gasteiger partial charge is 0.310 e. The van der Waals surface area contributed by atoms with Crippen molar-refractivity contribution in [3.63, 3.8) is 0 Å². The second-order valence-electron chi connectivity index (χ2n) is 15.5. The van der Waals surface area contributed by atoms with Crippen LogP contribution in [0.25, 0.3) is 66.4 Å². The van der Waals surface area contributed by atoms with Crippen LogP contribution in [0.15, 0.2) is 206 Å². The first kappa shape index (κ1) is 34.5. The average Bonchev–Trinajstić information content (AvgIpc) is 3.49. The van der Waals surface area contributed by atoms with E-state index < -0.39 is 0 Å². The Hall–Kier alpha value is -7.03. The summed E-state index contributed by atoms with van der Waals surface area (Å²) in [6.45, 7) is 4.65. The van der Waals surface area contributed by atoms with E-state index in [0.717, 1.165) is 61.2 Å². The van der Waals surface area contributed by atoms with E-state index in [1.165, 1.54) is 39.4 Å². The van der Waals surface area contributed by atoms with E-state index in [1.54, 1.807) is 12.1 Å². The highest BCUT2D eigenvalue weighted by Gasteiger charge is 2.35. The Balaban J connectivity index is 1.07. The molecular formula is C55H40FN. The second kappa shape index (κ2) is 13.9. The number of rotatable bonds is 7. The molecule has 1 aliphatic carbocycles. The van der Waals surface area contributed by atoms with Crippen molar-refractivity contribution in [2.45, 2.75) is 19.3 Å². The Kier molecular flexibility index (Phi) is 8.42. The molecule has 0 amide bonds. The van der Waals surface area contributed by atoms with Gasteiger partial charge in [-0.25, -0.2) is 4.39 Å². The van der Waals surface area contributed by atoms with Crippen LogP contribution in [0.5, 0.6) is 0 Å². The third kappa shape index (κ3) is 6.02. The lowest BCUT2D eigenvalue weighted by atomic mass is 9.82. The van der Waals surface area contributed by atoms with Gasteiger partial charge in [0.15, 0.2) is 0 Å². The SMILES string of the molecule is CC1(C)c2ccccc2-c2cc(-c3ccc(N(c4ccc(-c5cccc6cccc(-c7cccc(F)c7)c56)cc4)c4ccccc4-c4ccccc4)cc3)ccc21. The van der Waals surface area contributed by atoms with Crippen LogP contribution in [-0.4, -0.2) is 0 Å². The molecular weight excluding hydrogens is 694 g/mol. The second-order valence-corrected chi connectivity index (χ2v) is 15.5. The lowest BCUT2D eigenvalue weighted by Gasteiger charge is -2.28. The van der Waals surface area contributed by atoms with Crippen LogP contribution in [-0.2, 0) is 5.41 Å². The zero-order valence-electron chi connectivity index (χ0n) is 32.0. The molecule has 1 aliphatic rings. The predicted molar refractivity (Wildman–Crippen MR) is 238 cm³/mol. The van der Waals surface area contributed by atoms with Crippen LogP contribution in [0.3, 0.4) is 0 Å². The molecule has 0 fully saturated rings. The van der Waals surface area contributed by atoms with Crippen molar-refractivity contribution in [2.75, 3.05) is 4.90 Å². The number of hydrogen-bond acceptors (Lipinski definition) is 1. The number of para-hydroxylation sites is 1. The van der Waals surface area contributed by atoms with Crippen molar-refractivity contribution in [3.8, 4) is 55.6 Å². The van der Waals surface area contributed by atoms with Crippen LogP contribution in [0, 0.1) is 5.82 Å². The van der Waals surface area contributed by atoms with Gasteiger partial charge in [-0.2, -0.15) is 0 Å². The predicted octanol–water partition coefficient (Wildman–Crippen LogP) is 15.4. The molecule has 0 heterocycles. The van der Waals surface area contributed by atoms with Crippen molar-refractivity contribution in [2.24, 2.45) is 0 Å². The molecule has 1 nitrogen and oxygen atoms in total. The lowest BCUT2D eigenvalue weighted by Crippen LogP contribution is -2.14. The quantitative estimate of drug-likeness (QED) is 0.158. The van der Waals surface area contributed by atoms with Crippen molar-refractivity contribution in [3.05, 3.63) is 223 Å². The minimum absolute atomic E-state index is 0.0201. The lowest BCUT2D eigenvalue weighted by molar-refractivity contribution is 0.628. The number of nitrogens with zero attached hydrogens (tertiary/aromatic N) is 1. The van der Waals surface area contributed by atoms with Crippen LogP contribution >= 0.6 is 0 Å². The summed E-state index contributed by atoms with van der Waals surface area (Å²) in [7, 11) is 0. The fourth-order valence-electron chi connectivity index (χ4n) is 8.93. The molecule has 0 saturated carbocycles. The van der Waals surface area contributed by atoms with Crippen LogP contribution in [0.4, 0.5) is 21.5 Å². The fourth-order valence-corrected chi connectivity index (χ4v) is 8.93. The van der Waals surface area contributed by atoms with Gasteiger partial charge in [0, 0.05) is 22.4 Å². The summed E-state index contributed by atoms with van der Waals surface area (Å²) in [6.07, 6.45) is 0. The molecule has 272 valence electrons. The number of hydrogen-bond donors (Lipinski definition) is 0. The number of halogens is 1. The number of fused-ring (bicyclic) bond motifs is 4. The molecule has 0 atom stereocenters. The highest BCUT2D eigenvalue weighted by atomic mass is 19.1. The standard InChI is InChI=1S/C55H40FN/c1-55(2)51-23-8-6-20-49(51)50-36-41(29-34-52(50)55)37-25-30-44(31-26-37)57(53-24-9-7-19-46(53)38-13-4-3-5-14-38)45-32-27-39(28-33-45)47-21-11-15-40-16-12-22-48(54(40)47)42-17-10-18-43(56)35-42/h3-36H,1-2H3. The summed E-state index contributed by atoms with van der Waals surface area (Å²) in [4.78, 5) is 2.36. The molecule has 0 aliphatic heterocycles. The zero-order chi connectivity index (χ0) is 38.5. The van der Waals surface area contributed by atoms with Crippen molar-refractivity contribution >= 4 is 27.8 Å². The van der Waals surface area contributed by atoms with Gasteiger partial charge in [0.2, 0.25) is 0 Å². The molecule has 0 unspecified atom stereocenters. The first-order chi connectivity index (χ1) is 27.9. The monoisotopic (exact) mass is 733 g/mol. The summed E-state index contributed by atoms with van der Waals surface area (Å²) >= 11 is 0. The average molecular weight is 734 g/mol. The Morgan fingerprint density at radius 2 is 0.895 bits per heavy atom. The maximum atomic E-state index is 14.4. The molecule has 10 rings (SSSR count). The maximum absolute atomic E-state index is 14.4. The van der Waals surface area contributed by atoms with Gasteiger partial charge < -0.3 is 4.90 Å². The van der Waals surface area contributed by atoms with Gasteiger partial charge in [0.25, 0.3) is 0 Å². The molecule has 0 bridgehead atoms. The van der Waals surface area contributed by atoms with Gasteiger partial charge in [-0.1, -0.05) is 172 Å². The third-order valence-corrected chi connectivity index (χ3v) is 11.7. The van der Waals surface area contributed by atoms with Gasteiger partial charge in [0.05, 0.1) is 5.69 Å². The first-order valence-corrected chi connectivity index (χ1v) is 19.6. The van der Waals surface area contributed by atoms with Gasteiger partial charge in [-0.3, -0.25) is 0 Å².